The molecule has 1 aromatic heterocycles. The summed E-state index contributed by atoms with van der Waals surface area (Å²) >= 11 is 1.39. The Labute approximate surface area is 90.0 Å². The molecule has 0 aliphatic rings. The molecule has 1 aromatic carbocycles. The van der Waals surface area contributed by atoms with E-state index in [-0.39, 0.29) is 11.3 Å². The van der Waals surface area contributed by atoms with Gasteiger partial charge in [-0.25, -0.2) is 4.98 Å². The van der Waals surface area contributed by atoms with Gasteiger partial charge in [0, 0.05) is 11.6 Å². The summed E-state index contributed by atoms with van der Waals surface area (Å²) in [6, 6.07) is 4.84. The summed E-state index contributed by atoms with van der Waals surface area (Å²) in [5.41, 5.74) is 5.76. The van der Waals surface area contributed by atoms with Crippen molar-refractivity contribution in [3.05, 3.63) is 35.3 Å². The average Bonchev–Trinajstić information content (AvgIpc) is 2.70. The molecular weight excluding hydrogens is 212 g/mol. The Morgan fingerprint density at radius 1 is 1.47 bits per heavy atom. The third kappa shape index (κ3) is 1.69. The maximum atomic E-state index is 11.0. The number of aromatic nitrogens is 1. The van der Waals surface area contributed by atoms with E-state index in [0.717, 1.165) is 0 Å². The molecule has 0 spiro atoms. The number of rotatable bonds is 2. The Balaban J connectivity index is 2.59. The number of carbonyl (C=O) groups excluding carboxylic acids is 1. The minimum Gasteiger partial charge on any atom is -0.506 e. The monoisotopic (exact) mass is 220 g/mol. The van der Waals surface area contributed by atoms with Crippen LogP contribution in [0.4, 0.5) is 0 Å². The van der Waals surface area contributed by atoms with Crippen LogP contribution in [0.3, 0.4) is 0 Å². The number of benzene rings is 1. The molecule has 2 rings (SSSR count). The van der Waals surface area contributed by atoms with Crippen molar-refractivity contribution >= 4 is 17.2 Å². The SMILES string of the molecule is NC(=O)c1cccc(-c2nccs2)c1O. The van der Waals surface area contributed by atoms with Crippen molar-refractivity contribution < 1.29 is 9.90 Å². The Bertz CT molecular complexity index is 494. The molecular formula is C10H8N2O2S. The van der Waals surface area contributed by atoms with Gasteiger partial charge in [-0.2, -0.15) is 0 Å². The Morgan fingerprint density at radius 2 is 2.27 bits per heavy atom. The fourth-order valence-corrected chi connectivity index (χ4v) is 1.94. The standard InChI is InChI=1S/C10H8N2O2S/c11-9(14)6-2-1-3-7(8(6)13)10-12-4-5-15-10/h1-5,13H,(H2,11,14). The highest BCUT2D eigenvalue weighted by Crippen LogP contribution is 2.32. The van der Waals surface area contributed by atoms with Gasteiger partial charge in [-0.1, -0.05) is 6.07 Å². The zero-order valence-electron chi connectivity index (χ0n) is 7.68. The van der Waals surface area contributed by atoms with Crippen molar-refractivity contribution in [2.75, 3.05) is 0 Å². The number of thiazole rings is 1. The van der Waals surface area contributed by atoms with Gasteiger partial charge in [0.2, 0.25) is 0 Å². The van der Waals surface area contributed by atoms with E-state index in [1.54, 1.807) is 23.7 Å². The predicted octanol–water partition coefficient (Wildman–Crippen LogP) is 1.61. The van der Waals surface area contributed by atoms with E-state index >= 15 is 0 Å². The van der Waals surface area contributed by atoms with Crippen molar-refractivity contribution in [1.29, 1.82) is 0 Å². The smallest absolute Gasteiger partial charge is 0.252 e. The van der Waals surface area contributed by atoms with Crippen LogP contribution in [0.5, 0.6) is 5.75 Å². The van der Waals surface area contributed by atoms with Gasteiger partial charge in [0.15, 0.2) is 0 Å². The number of nitrogens with zero attached hydrogens (tertiary/aromatic N) is 1. The second-order valence-corrected chi connectivity index (χ2v) is 3.80. The molecule has 0 aliphatic heterocycles. The van der Waals surface area contributed by atoms with Gasteiger partial charge in [0.05, 0.1) is 11.1 Å². The number of para-hydroxylation sites is 1. The first-order chi connectivity index (χ1) is 7.20. The normalized spacial score (nSPS) is 10.1. The minimum absolute atomic E-state index is 0.111. The van der Waals surface area contributed by atoms with Crippen LogP contribution in [-0.2, 0) is 0 Å². The molecule has 5 heteroatoms. The van der Waals surface area contributed by atoms with E-state index < -0.39 is 5.91 Å². The average molecular weight is 220 g/mol. The number of primary amides is 1. The van der Waals surface area contributed by atoms with Crippen LogP contribution < -0.4 is 5.73 Å². The van der Waals surface area contributed by atoms with Crippen LogP contribution in [0.15, 0.2) is 29.8 Å². The van der Waals surface area contributed by atoms with Gasteiger partial charge in [0.25, 0.3) is 5.91 Å². The molecule has 15 heavy (non-hydrogen) atoms. The lowest BCUT2D eigenvalue weighted by molar-refractivity contribution is 0.0998. The van der Waals surface area contributed by atoms with Gasteiger partial charge in [0.1, 0.15) is 10.8 Å². The second kappa shape index (κ2) is 3.70. The quantitative estimate of drug-likeness (QED) is 0.807. The fourth-order valence-electron chi connectivity index (χ4n) is 1.27. The van der Waals surface area contributed by atoms with Crippen LogP contribution in [-0.4, -0.2) is 16.0 Å². The summed E-state index contributed by atoms with van der Waals surface area (Å²) in [6.07, 6.45) is 1.64. The number of aromatic hydroxyl groups is 1. The van der Waals surface area contributed by atoms with Gasteiger partial charge in [-0.05, 0) is 12.1 Å². The summed E-state index contributed by atoms with van der Waals surface area (Å²) in [6.45, 7) is 0. The molecule has 76 valence electrons. The summed E-state index contributed by atoms with van der Waals surface area (Å²) in [4.78, 5) is 15.0. The molecule has 3 N–H and O–H groups in total. The molecule has 0 fully saturated rings. The third-order valence-electron chi connectivity index (χ3n) is 1.96. The molecule has 1 heterocycles. The zero-order valence-corrected chi connectivity index (χ0v) is 8.49. The topological polar surface area (TPSA) is 76.2 Å². The Kier molecular flexibility index (Phi) is 2.39. The van der Waals surface area contributed by atoms with E-state index in [9.17, 15) is 9.90 Å². The van der Waals surface area contributed by atoms with Crippen LogP contribution >= 0.6 is 11.3 Å². The predicted molar refractivity (Wildman–Crippen MR) is 57.7 cm³/mol. The van der Waals surface area contributed by atoms with Crippen molar-refractivity contribution in [3.63, 3.8) is 0 Å². The van der Waals surface area contributed by atoms with E-state index in [4.69, 9.17) is 5.73 Å². The second-order valence-electron chi connectivity index (χ2n) is 2.90. The number of phenols is 1. The highest BCUT2D eigenvalue weighted by molar-refractivity contribution is 7.13. The highest BCUT2D eigenvalue weighted by Gasteiger charge is 2.13. The Morgan fingerprint density at radius 3 is 2.87 bits per heavy atom. The van der Waals surface area contributed by atoms with Gasteiger partial charge >= 0.3 is 0 Å². The van der Waals surface area contributed by atoms with E-state index in [1.165, 1.54) is 17.4 Å². The van der Waals surface area contributed by atoms with E-state index in [2.05, 4.69) is 4.98 Å². The van der Waals surface area contributed by atoms with Gasteiger partial charge < -0.3 is 10.8 Å². The molecule has 1 amide bonds. The molecule has 0 aliphatic carbocycles. The van der Waals surface area contributed by atoms with Gasteiger partial charge in [-0.15, -0.1) is 11.3 Å². The maximum absolute atomic E-state index is 11.0. The molecule has 0 unspecified atom stereocenters. The molecule has 0 atom stereocenters. The van der Waals surface area contributed by atoms with Crippen LogP contribution in [0, 0.1) is 0 Å². The summed E-state index contributed by atoms with van der Waals surface area (Å²) in [5.74, 6) is -0.758. The lowest BCUT2D eigenvalue weighted by atomic mass is 10.1. The highest BCUT2D eigenvalue weighted by atomic mass is 32.1. The first kappa shape index (κ1) is 9.67. The van der Waals surface area contributed by atoms with E-state index in [0.29, 0.717) is 10.6 Å². The zero-order chi connectivity index (χ0) is 10.8. The lowest BCUT2D eigenvalue weighted by Gasteiger charge is -2.04. The molecule has 0 bridgehead atoms. The summed E-state index contributed by atoms with van der Waals surface area (Å²) in [5, 5.41) is 12.3. The molecule has 0 saturated heterocycles. The molecule has 0 radical (unpaired) electrons. The number of hydrogen-bond donors (Lipinski definition) is 2. The number of nitrogens with two attached hydrogens (primary N) is 1. The van der Waals surface area contributed by atoms with Crippen molar-refractivity contribution in [1.82, 2.24) is 4.98 Å². The van der Waals surface area contributed by atoms with Crippen LogP contribution in [0.2, 0.25) is 0 Å². The number of amides is 1. The first-order valence-corrected chi connectivity index (χ1v) is 5.10. The maximum Gasteiger partial charge on any atom is 0.252 e. The van der Waals surface area contributed by atoms with E-state index in [1.807, 2.05) is 0 Å². The first-order valence-electron chi connectivity index (χ1n) is 4.22. The minimum atomic E-state index is -0.647. The third-order valence-corrected chi connectivity index (χ3v) is 2.77. The number of hydrogen-bond acceptors (Lipinski definition) is 4. The summed E-state index contributed by atoms with van der Waals surface area (Å²) < 4.78 is 0. The van der Waals surface area contributed by atoms with Crippen LogP contribution in [0.25, 0.3) is 10.6 Å². The molecule has 0 saturated carbocycles. The largest absolute Gasteiger partial charge is 0.506 e. The van der Waals surface area contributed by atoms with Crippen LogP contribution in [0.1, 0.15) is 10.4 Å². The molecule has 2 aromatic rings. The lowest BCUT2D eigenvalue weighted by Crippen LogP contribution is -2.11. The summed E-state index contributed by atoms with van der Waals surface area (Å²) in [7, 11) is 0. The fraction of sp³-hybridized carbons (Fsp3) is 0. The number of carbonyl (C=O) groups is 1. The van der Waals surface area contributed by atoms with Crippen molar-refractivity contribution in [2.24, 2.45) is 5.73 Å². The molecule has 4 nitrogen and oxygen atoms in total. The van der Waals surface area contributed by atoms with Crippen molar-refractivity contribution in [2.45, 2.75) is 0 Å². The van der Waals surface area contributed by atoms with Crippen molar-refractivity contribution in [3.8, 4) is 16.3 Å². The van der Waals surface area contributed by atoms with Gasteiger partial charge in [-0.3, -0.25) is 4.79 Å². The Hall–Kier alpha value is -1.88.